The van der Waals surface area contributed by atoms with Crippen LogP contribution in [0.2, 0.25) is 0 Å². The fourth-order valence-corrected chi connectivity index (χ4v) is 3.95. The van der Waals surface area contributed by atoms with Crippen molar-refractivity contribution in [3.63, 3.8) is 0 Å². The van der Waals surface area contributed by atoms with E-state index in [0.29, 0.717) is 30.3 Å². The monoisotopic (exact) mass is 439 g/mol. The highest BCUT2D eigenvalue weighted by atomic mass is 16.5. The standard InChI is InChI=1S/C26H25N5O2/c1-16-6-9-19(10-7-16)23-25(32)24(26-28-21-11-8-17(14-27)13-22(21)29-26)31(30-23)15-18-4-3-5-20(12-18)33-2/h3-13,32H,14-15,27H2,1-2H3,(H,28,29). The lowest BCUT2D eigenvalue weighted by Gasteiger charge is -2.07. The SMILES string of the molecule is COc1cccc(Cn2nc(-c3ccc(C)cc3)c(O)c2-c2nc3ccc(CN)cc3[nH]2)c1. The molecule has 0 spiro atoms. The summed E-state index contributed by atoms with van der Waals surface area (Å²) in [7, 11) is 1.64. The molecule has 3 aromatic carbocycles. The van der Waals surface area contributed by atoms with Gasteiger partial charge in [-0.25, -0.2) is 4.98 Å². The van der Waals surface area contributed by atoms with Gasteiger partial charge in [-0.05, 0) is 42.3 Å². The van der Waals surface area contributed by atoms with Gasteiger partial charge in [-0.15, -0.1) is 0 Å². The maximum absolute atomic E-state index is 11.3. The highest BCUT2D eigenvalue weighted by molar-refractivity contribution is 5.83. The highest BCUT2D eigenvalue weighted by Gasteiger charge is 2.23. The number of hydrogen-bond donors (Lipinski definition) is 3. The van der Waals surface area contributed by atoms with Crippen LogP contribution in [0.4, 0.5) is 0 Å². The van der Waals surface area contributed by atoms with Crippen molar-refractivity contribution in [2.45, 2.75) is 20.0 Å². The minimum absolute atomic E-state index is 0.0832. The fourth-order valence-electron chi connectivity index (χ4n) is 3.95. The molecule has 0 saturated heterocycles. The van der Waals surface area contributed by atoms with Crippen LogP contribution in [0, 0.1) is 6.92 Å². The lowest BCUT2D eigenvalue weighted by molar-refractivity contribution is 0.414. The summed E-state index contributed by atoms with van der Waals surface area (Å²) in [6.07, 6.45) is 0. The number of benzene rings is 3. The van der Waals surface area contributed by atoms with Crippen LogP contribution in [0.1, 0.15) is 16.7 Å². The normalized spacial score (nSPS) is 11.2. The molecule has 33 heavy (non-hydrogen) atoms. The van der Waals surface area contributed by atoms with E-state index >= 15 is 0 Å². The third-order valence-corrected chi connectivity index (χ3v) is 5.73. The fraction of sp³-hybridized carbons (Fsp3) is 0.154. The highest BCUT2D eigenvalue weighted by Crippen LogP contribution is 2.38. The third kappa shape index (κ3) is 3.94. The molecule has 0 aliphatic carbocycles. The van der Waals surface area contributed by atoms with E-state index in [9.17, 15) is 5.11 Å². The Bertz CT molecular complexity index is 1430. The first-order valence-electron chi connectivity index (χ1n) is 10.7. The molecule has 0 bridgehead atoms. The van der Waals surface area contributed by atoms with Crippen LogP contribution >= 0.6 is 0 Å². The van der Waals surface area contributed by atoms with E-state index in [1.165, 1.54) is 0 Å². The zero-order valence-electron chi connectivity index (χ0n) is 18.5. The van der Waals surface area contributed by atoms with E-state index in [1.807, 2.05) is 73.7 Å². The molecule has 2 heterocycles. The van der Waals surface area contributed by atoms with Crippen LogP contribution in [0.5, 0.6) is 11.5 Å². The van der Waals surface area contributed by atoms with Crippen LogP contribution in [0.25, 0.3) is 33.8 Å². The number of aryl methyl sites for hydroxylation is 1. The van der Waals surface area contributed by atoms with Gasteiger partial charge in [0.05, 0.1) is 24.7 Å². The first-order valence-corrected chi connectivity index (χ1v) is 10.7. The van der Waals surface area contributed by atoms with Gasteiger partial charge in [0.15, 0.2) is 11.6 Å². The number of aromatic nitrogens is 4. The first kappa shape index (κ1) is 20.8. The average molecular weight is 440 g/mol. The van der Waals surface area contributed by atoms with Crippen molar-refractivity contribution in [3.8, 4) is 34.3 Å². The third-order valence-electron chi connectivity index (χ3n) is 5.73. The molecule has 0 fully saturated rings. The summed E-state index contributed by atoms with van der Waals surface area (Å²) >= 11 is 0. The molecule has 0 unspecified atom stereocenters. The van der Waals surface area contributed by atoms with Crippen molar-refractivity contribution >= 4 is 11.0 Å². The number of H-pyrrole nitrogens is 1. The summed E-state index contributed by atoms with van der Waals surface area (Å²) in [5, 5.41) is 16.1. The zero-order valence-corrected chi connectivity index (χ0v) is 18.5. The minimum atomic E-state index is 0.0832. The molecule has 0 amide bonds. The number of nitrogens with zero attached hydrogens (tertiary/aromatic N) is 3. The minimum Gasteiger partial charge on any atom is -0.504 e. The van der Waals surface area contributed by atoms with Crippen LogP contribution in [-0.2, 0) is 13.1 Å². The van der Waals surface area contributed by atoms with Crippen molar-refractivity contribution in [1.29, 1.82) is 0 Å². The smallest absolute Gasteiger partial charge is 0.173 e. The predicted octanol–water partition coefficient (Wildman–Crippen LogP) is 4.62. The summed E-state index contributed by atoms with van der Waals surface area (Å²) in [6, 6.07) is 21.6. The Morgan fingerprint density at radius 1 is 1.03 bits per heavy atom. The first-order chi connectivity index (χ1) is 16.1. The molecule has 2 aromatic heterocycles. The molecule has 0 aliphatic heterocycles. The molecule has 7 heteroatoms. The van der Waals surface area contributed by atoms with Gasteiger partial charge in [-0.1, -0.05) is 48.0 Å². The Hall–Kier alpha value is -4.10. The molecule has 0 atom stereocenters. The quantitative estimate of drug-likeness (QED) is 0.358. The van der Waals surface area contributed by atoms with E-state index in [2.05, 4.69) is 4.98 Å². The van der Waals surface area contributed by atoms with Crippen LogP contribution in [-0.4, -0.2) is 32.0 Å². The topological polar surface area (TPSA) is 102 Å². The molecule has 5 aromatic rings. The number of ether oxygens (including phenoxy) is 1. The van der Waals surface area contributed by atoms with Crippen molar-refractivity contribution < 1.29 is 9.84 Å². The van der Waals surface area contributed by atoms with E-state index in [0.717, 1.165) is 39.0 Å². The number of nitrogens with one attached hydrogen (secondary N) is 1. The molecule has 0 saturated carbocycles. The zero-order chi connectivity index (χ0) is 22.9. The number of aromatic hydroxyl groups is 1. The number of hydrogen-bond acceptors (Lipinski definition) is 5. The van der Waals surface area contributed by atoms with E-state index in [4.69, 9.17) is 20.6 Å². The lowest BCUT2D eigenvalue weighted by Crippen LogP contribution is -2.05. The van der Waals surface area contributed by atoms with Crippen LogP contribution < -0.4 is 10.5 Å². The van der Waals surface area contributed by atoms with E-state index in [1.54, 1.807) is 11.8 Å². The number of nitrogens with two attached hydrogens (primary N) is 1. The summed E-state index contributed by atoms with van der Waals surface area (Å²) in [4.78, 5) is 8.07. The van der Waals surface area contributed by atoms with Crippen LogP contribution in [0.3, 0.4) is 0 Å². The van der Waals surface area contributed by atoms with Gasteiger partial charge in [0, 0.05) is 12.1 Å². The maximum atomic E-state index is 11.3. The molecule has 4 N–H and O–H groups in total. The number of rotatable bonds is 6. The molecule has 5 rings (SSSR count). The lowest BCUT2D eigenvalue weighted by atomic mass is 10.1. The summed E-state index contributed by atoms with van der Waals surface area (Å²) < 4.78 is 7.15. The Labute approximate surface area is 191 Å². The Balaban J connectivity index is 1.66. The number of aromatic amines is 1. The summed E-state index contributed by atoms with van der Waals surface area (Å²) in [5.41, 5.74) is 12.5. The average Bonchev–Trinajstić information content (AvgIpc) is 3.39. The predicted molar refractivity (Wildman–Crippen MR) is 129 cm³/mol. The molecule has 0 aliphatic rings. The second kappa shape index (κ2) is 8.44. The van der Waals surface area contributed by atoms with E-state index < -0.39 is 0 Å². The molecule has 166 valence electrons. The second-order valence-corrected chi connectivity index (χ2v) is 8.06. The molecule has 0 radical (unpaired) electrons. The molecular formula is C26H25N5O2. The van der Waals surface area contributed by atoms with Crippen molar-refractivity contribution in [1.82, 2.24) is 19.7 Å². The Morgan fingerprint density at radius 3 is 2.61 bits per heavy atom. The van der Waals surface area contributed by atoms with E-state index in [-0.39, 0.29) is 5.75 Å². The number of methoxy groups -OCH3 is 1. The van der Waals surface area contributed by atoms with Gasteiger partial charge in [0.1, 0.15) is 17.1 Å². The van der Waals surface area contributed by atoms with Gasteiger partial charge in [-0.3, -0.25) is 4.68 Å². The van der Waals surface area contributed by atoms with Gasteiger partial charge >= 0.3 is 0 Å². The molecule has 7 nitrogen and oxygen atoms in total. The van der Waals surface area contributed by atoms with Crippen molar-refractivity contribution in [3.05, 3.63) is 83.4 Å². The Kier molecular flexibility index (Phi) is 5.32. The van der Waals surface area contributed by atoms with Gasteiger partial charge in [0.25, 0.3) is 0 Å². The van der Waals surface area contributed by atoms with Gasteiger partial charge < -0.3 is 20.6 Å². The largest absolute Gasteiger partial charge is 0.504 e. The van der Waals surface area contributed by atoms with Gasteiger partial charge in [-0.2, -0.15) is 5.10 Å². The van der Waals surface area contributed by atoms with Crippen molar-refractivity contribution in [2.24, 2.45) is 5.73 Å². The number of imidazole rings is 1. The second-order valence-electron chi connectivity index (χ2n) is 8.06. The molecular weight excluding hydrogens is 414 g/mol. The number of fused-ring (bicyclic) bond motifs is 1. The van der Waals surface area contributed by atoms with Gasteiger partial charge in [0.2, 0.25) is 0 Å². The summed E-state index contributed by atoms with van der Waals surface area (Å²) in [5.74, 6) is 1.40. The summed E-state index contributed by atoms with van der Waals surface area (Å²) in [6.45, 7) is 2.92. The van der Waals surface area contributed by atoms with Crippen LogP contribution in [0.15, 0.2) is 66.7 Å². The maximum Gasteiger partial charge on any atom is 0.173 e. The van der Waals surface area contributed by atoms with Crippen molar-refractivity contribution in [2.75, 3.05) is 7.11 Å². The Morgan fingerprint density at radius 2 is 1.85 bits per heavy atom.